The maximum Gasteiger partial charge on any atom is 0.280 e. The van der Waals surface area contributed by atoms with Gasteiger partial charge >= 0.3 is 0 Å². The Morgan fingerprint density at radius 3 is 2.39 bits per heavy atom. The lowest BCUT2D eigenvalue weighted by Gasteiger charge is -2.14. The lowest BCUT2D eigenvalue weighted by atomic mass is 10.1. The normalized spacial score (nSPS) is 13.0. The van der Waals surface area contributed by atoms with Gasteiger partial charge in [0.25, 0.3) is 23.4 Å². The minimum atomic E-state index is -0.823. The number of nitro groups is 1. The van der Waals surface area contributed by atoms with Crippen molar-refractivity contribution < 1.29 is 19.3 Å². The van der Waals surface area contributed by atoms with Gasteiger partial charge in [0, 0.05) is 30.1 Å². The third kappa shape index (κ3) is 2.39. The highest BCUT2D eigenvalue weighted by Crippen LogP contribution is 2.25. The Balaban J connectivity index is 1.88. The zero-order valence-electron chi connectivity index (χ0n) is 11.4. The largest absolute Gasteiger partial charge is 0.280 e. The first-order valence-electron chi connectivity index (χ1n) is 6.37. The first-order chi connectivity index (χ1) is 11.0. The van der Waals surface area contributed by atoms with Crippen LogP contribution in [0.15, 0.2) is 42.7 Å². The summed E-state index contributed by atoms with van der Waals surface area (Å²) >= 11 is 0. The van der Waals surface area contributed by atoms with E-state index in [9.17, 15) is 24.5 Å². The van der Waals surface area contributed by atoms with E-state index in [1.165, 1.54) is 30.6 Å². The molecule has 0 saturated carbocycles. The van der Waals surface area contributed by atoms with Crippen molar-refractivity contribution >= 4 is 23.4 Å². The number of hydrogen-bond donors (Lipinski definition) is 1. The van der Waals surface area contributed by atoms with Gasteiger partial charge in [-0.05, 0) is 18.2 Å². The van der Waals surface area contributed by atoms with Gasteiger partial charge in [-0.25, -0.2) is 0 Å². The Hall–Kier alpha value is -3.62. The molecule has 0 unspecified atom stereocenters. The van der Waals surface area contributed by atoms with Crippen LogP contribution in [0.25, 0.3) is 0 Å². The number of pyridine rings is 1. The molecule has 2 heterocycles. The number of hydrazine groups is 1. The van der Waals surface area contributed by atoms with Crippen molar-refractivity contribution in [2.24, 2.45) is 0 Å². The van der Waals surface area contributed by atoms with Crippen LogP contribution in [0.2, 0.25) is 0 Å². The van der Waals surface area contributed by atoms with Gasteiger partial charge in [-0.2, -0.15) is 5.01 Å². The molecule has 1 aliphatic heterocycles. The van der Waals surface area contributed by atoms with Gasteiger partial charge in [0.2, 0.25) is 0 Å². The standard InChI is InChI=1S/C14H8N4O5/c19-12(8-3-5-15-6-4-8)16-17-13(20)10-2-1-9(18(22)23)7-11(10)14(17)21/h1-7H,(H,16,19). The first-order valence-corrected chi connectivity index (χ1v) is 6.37. The Bertz CT molecular complexity index is 850. The number of fused-ring (bicyclic) bond motifs is 1. The number of carbonyl (C=O) groups is 3. The molecule has 1 aromatic carbocycles. The van der Waals surface area contributed by atoms with E-state index in [-0.39, 0.29) is 22.4 Å². The van der Waals surface area contributed by atoms with Crippen molar-refractivity contribution in [1.29, 1.82) is 0 Å². The molecule has 3 amide bonds. The molecule has 1 N–H and O–H groups in total. The summed E-state index contributed by atoms with van der Waals surface area (Å²) in [6, 6.07) is 6.15. The summed E-state index contributed by atoms with van der Waals surface area (Å²) in [5.41, 5.74) is 1.96. The van der Waals surface area contributed by atoms with Crippen molar-refractivity contribution in [2.75, 3.05) is 0 Å². The summed E-state index contributed by atoms with van der Waals surface area (Å²) < 4.78 is 0. The molecule has 0 aliphatic carbocycles. The predicted molar refractivity (Wildman–Crippen MR) is 75.3 cm³/mol. The molecule has 9 nitrogen and oxygen atoms in total. The topological polar surface area (TPSA) is 123 Å². The second kappa shape index (κ2) is 5.30. The average Bonchev–Trinajstić information content (AvgIpc) is 2.80. The van der Waals surface area contributed by atoms with Crippen molar-refractivity contribution in [1.82, 2.24) is 15.4 Å². The fraction of sp³-hybridized carbons (Fsp3) is 0. The van der Waals surface area contributed by atoms with Crippen LogP contribution in [0.1, 0.15) is 31.1 Å². The molecule has 0 spiro atoms. The van der Waals surface area contributed by atoms with Gasteiger partial charge in [0.15, 0.2) is 0 Å². The Morgan fingerprint density at radius 1 is 1.09 bits per heavy atom. The first kappa shape index (κ1) is 14.3. The van der Waals surface area contributed by atoms with E-state index < -0.39 is 22.6 Å². The number of hydrogen-bond acceptors (Lipinski definition) is 6. The van der Waals surface area contributed by atoms with Gasteiger partial charge in [0.05, 0.1) is 16.1 Å². The van der Waals surface area contributed by atoms with Crippen LogP contribution in [0.5, 0.6) is 0 Å². The molecule has 9 heteroatoms. The lowest BCUT2D eigenvalue weighted by Crippen LogP contribution is -2.45. The number of nitrogens with zero attached hydrogens (tertiary/aromatic N) is 3. The van der Waals surface area contributed by atoms with E-state index in [1.54, 1.807) is 0 Å². The Morgan fingerprint density at radius 2 is 1.74 bits per heavy atom. The maximum absolute atomic E-state index is 12.2. The molecule has 0 fully saturated rings. The van der Waals surface area contributed by atoms with Crippen LogP contribution in [0.3, 0.4) is 0 Å². The number of nitrogens with one attached hydrogen (secondary N) is 1. The lowest BCUT2D eigenvalue weighted by molar-refractivity contribution is -0.384. The molecule has 1 aromatic heterocycles. The van der Waals surface area contributed by atoms with Gasteiger partial charge in [-0.1, -0.05) is 0 Å². The highest BCUT2D eigenvalue weighted by Gasteiger charge is 2.38. The van der Waals surface area contributed by atoms with E-state index >= 15 is 0 Å². The third-order valence-electron chi connectivity index (χ3n) is 3.24. The van der Waals surface area contributed by atoms with E-state index in [4.69, 9.17) is 0 Å². The van der Waals surface area contributed by atoms with Crippen molar-refractivity contribution in [3.05, 3.63) is 69.5 Å². The van der Waals surface area contributed by atoms with Crippen molar-refractivity contribution in [3.63, 3.8) is 0 Å². The molecule has 1 aliphatic rings. The SMILES string of the molecule is O=C(NN1C(=O)c2ccc([N+](=O)[O-])cc2C1=O)c1ccncc1. The highest BCUT2D eigenvalue weighted by molar-refractivity contribution is 6.22. The number of benzene rings is 1. The van der Waals surface area contributed by atoms with Gasteiger partial charge in [-0.15, -0.1) is 0 Å². The molecule has 2 aromatic rings. The highest BCUT2D eigenvalue weighted by atomic mass is 16.6. The summed E-state index contributed by atoms with van der Waals surface area (Å²) in [6.45, 7) is 0. The van der Waals surface area contributed by atoms with Crippen molar-refractivity contribution in [3.8, 4) is 0 Å². The molecule has 0 atom stereocenters. The molecular weight excluding hydrogens is 304 g/mol. The number of rotatable bonds is 3. The van der Waals surface area contributed by atoms with E-state index in [1.807, 2.05) is 0 Å². The number of nitro benzene ring substituents is 1. The molecule has 3 rings (SSSR count). The van der Waals surface area contributed by atoms with Crippen LogP contribution >= 0.6 is 0 Å². The zero-order chi connectivity index (χ0) is 16.6. The summed E-state index contributed by atoms with van der Waals surface area (Å²) in [4.78, 5) is 50.2. The number of imide groups is 1. The summed E-state index contributed by atoms with van der Waals surface area (Å²) in [7, 11) is 0. The van der Waals surface area contributed by atoms with E-state index in [0.717, 1.165) is 12.1 Å². The molecule has 23 heavy (non-hydrogen) atoms. The number of amides is 3. The average molecular weight is 312 g/mol. The number of carbonyl (C=O) groups excluding carboxylic acids is 3. The quantitative estimate of drug-likeness (QED) is 0.511. The fourth-order valence-corrected chi connectivity index (χ4v) is 2.11. The molecule has 0 saturated heterocycles. The molecule has 0 radical (unpaired) electrons. The minimum Gasteiger partial charge on any atom is -0.267 e. The molecule has 0 bridgehead atoms. The molecular formula is C14H8N4O5. The van der Waals surface area contributed by atoms with Gasteiger partial charge in [0.1, 0.15) is 0 Å². The minimum absolute atomic E-state index is 0.00405. The maximum atomic E-state index is 12.2. The number of aromatic nitrogens is 1. The summed E-state index contributed by atoms with van der Waals surface area (Å²) in [5.74, 6) is -2.24. The molecule has 114 valence electrons. The van der Waals surface area contributed by atoms with Crippen molar-refractivity contribution in [2.45, 2.75) is 0 Å². The van der Waals surface area contributed by atoms with Crippen LogP contribution < -0.4 is 5.43 Å². The Labute approximate surface area is 128 Å². The zero-order valence-corrected chi connectivity index (χ0v) is 11.4. The van der Waals surface area contributed by atoms with Crippen LogP contribution in [0, 0.1) is 10.1 Å². The second-order valence-electron chi connectivity index (χ2n) is 4.61. The van der Waals surface area contributed by atoms with E-state index in [2.05, 4.69) is 10.4 Å². The summed E-state index contributed by atoms with van der Waals surface area (Å²) in [5, 5.41) is 11.3. The second-order valence-corrected chi connectivity index (χ2v) is 4.61. The number of non-ortho nitro benzene ring substituents is 1. The monoisotopic (exact) mass is 312 g/mol. The fourth-order valence-electron chi connectivity index (χ4n) is 2.11. The Kier molecular flexibility index (Phi) is 3.30. The van der Waals surface area contributed by atoms with Crippen LogP contribution in [0.4, 0.5) is 5.69 Å². The van der Waals surface area contributed by atoms with E-state index in [0.29, 0.717) is 5.01 Å². The van der Waals surface area contributed by atoms with Crippen LogP contribution in [-0.2, 0) is 0 Å². The summed E-state index contributed by atoms with van der Waals surface area (Å²) in [6.07, 6.45) is 2.78. The predicted octanol–water partition coefficient (Wildman–Crippen LogP) is 0.931. The van der Waals surface area contributed by atoms with Crippen LogP contribution in [-0.4, -0.2) is 32.6 Å². The van der Waals surface area contributed by atoms with Gasteiger partial charge < -0.3 is 0 Å². The smallest absolute Gasteiger partial charge is 0.267 e. The van der Waals surface area contributed by atoms with Gasteiger partial charge in [-0.3, -0.25) is 34.9 Å². The third-order valence-corrected chi connectivity index (χ3v) is 3.24.